The zero-order chi connectivity index (χ0) is 12.4. The summed E-state index contributed by atoms with van der Waals surface area (Å²) in [6.45, 7) is 1.25. The number of amides is 2. The Morgan fingerprint density at radius 3 is 2.76 bits per heavy atom. The van der Waals surface area contributed by atoms with E-state index in [1.165, 1.54) is 35.9 Å². The number of imide groups is 1. The van der Waals surface area contributed by atoms with Crippen LogP contribution < -0.4 is 10.3 Å². The molecule has 0 aliphatic heterocycles. The summed E-state index contributed by atoms with van der Waals surface area (Å²) in [5.74, 6) is -0.386. The maximum Gasteiger partial charge on any atom is 0.332 e. The number of rotatable bonds is 1. The molecule has 0 saturated carbocycles. The molecule has 2 amide bonds. The average molecular weight is 236 g/mol. The summed E-state index contributed by atoms with van der Waals surface area (Å²) >= 11 is 0. The van der Waals surface area contributed by atoms with Crippen molar-refractivity contribution in [3.05, 3.63) is 30.5 Å². The Kier molecular flexibility index (Phi) is 2.78. The van der Waals surface area contributed by atoms with Gasteiger partial charge in [0.2, 0.25) is 5.91 Å². The Bertz CT molecular complexity index is 591. The molecule has 5 nitrogen and oxygen atoms in total. The maximum absolute atomic E-state index is 12.0. The van der Waals surface area contributed by atoms with Gasteiger partial charge in [-0.05, 0) is 24.3 Å². The number of nitrogens with zero attached hydrogens (tertiary/aromatic N) is 1. The predicted molar refractivity (Wildman–Crippen MR) is 58.3 cm³/mol. The van der Waals surface area contributed by atoms with E-state index in [9.17, 15) is 14.1 Å². The van der Waals surface area contributed by atoms with Crippen LogP contribution in [0.5, 0.6) is 5.75 Å². The molecule has 2 rings (SSSR count). The molecule has 0 aliphatic carbocycles. The zero-order valence-corrected chi connectivity index (χ0v) is 8.94. The Labute approximate surface area is 95.7 Å². The van der Waals surface area contributed by atoms with Crippen molar-refractivity contribution in [1.82, 2.24) is 9.88 Å². The van der Waals surface area contributed by atoms with Crippen LogP contribution in [0.25, 0.3) is 10.9 Å². The van der Waals surface area contributed by atoms with Gasteiger partial charge in [0.15, 0.2) is 5.75 Å². The molecule has 0 fully saturated rings. The summed E-state index contributed by atoms with van der Waals surface area (Å²) in [5.41, 5.74) is 0.560. The number of hydrogen-bond donors (Lipinski definition) is 1. The van der Waals surface area contributed by atoms with Gasteiger partial charge in [-0.3, -0.25) is 19.6 Å². The van der Waals surface area contributed by atoms with Crippen molar-refractivity contribution in [3.63, 3.8) is 0 Å². The van der Waals surface area contributed by atoms with Crippen molar-refractivity contribution in [2.75, 3.05) is 0 Å². The van der Waals surface area contributed by atoms with Crippen molar-refractivity contribution in [1.29, 1.82) is 0 Å². The van der Waals surface area contributed by atoms with Gasteiger partial charge in [0.1, 0.15) is 0 Å². The van der Waals surface area contributed by atoms with Crippen molar-refractivity contribution < 1.29 is 19.1 Å². The monoisotopic (exact) mass is 236 g/mol. The normalized spacial score (nSPS) is 10.2. The smallest absolute Gasteiger partial charge is 0.294 e. The zero-order valence-electron chi connectivity index (χ0n) is 8.94. The number of carbonyl (C=O) groups excluding carboxylic acids is 2. The van der Waals surface area contributed by atoms with Gasteiger partial charge in [0, 0.05) is 23.0 Å². The number of nitrogens with one attached hydrogen (secondary N) is 1. The van der Waals surface area contributed by atoms with Gasteiger partial charge in [-0.2, -0.15) is 0 Å². The predicted octanol–water partition coefficient (Wildman–Crippen LogP) is 2.01. The van der Waals surface area contributed by atoms with E-state index in [2.05, 4.69) is 10.3 Å². The summed E-state index contributed by atoms with van der Waals surface area (Å²) < 4.78 is 13.2. The minimum atomic E-state index is -0.554. The number of aromatic nitrogens is 1. The largest absolute Gasteiger partial charge is 0.332 e. The molecule has 1 aromatic carbocycles. The van der Waals surface area contributed by atoms with Gasteiger partial charge < -0.3 is 0 Å². The third kappa shape index (κ3) is 2.10. The van der Waals surface area contributed by atoms with Crippen molar-refractivity contribution >= 4 is 22.8 Å². The second-order valence-electron chi connectivity index (χ2n) is 3.47. The number of carbonyl (C=O) groups is 2. The van der Waals surface area contributed by atoms with Crippen LogP contribution >= 0.6 is 0 Å². The minimum Gasteiger partial charge on any atom is -0.294 e. The second kappa shape index (κ2) is 4.25. The lowest BCUT2D eigenvalue weighted by Crippen LogP contribution is -2.31. The molecule has 0 atom stereocenters. The van der Waals surface area contributed by atoms with E-state index in [1.54, 1.807) is 6.07 Å². The van der Waals surface area contributed by atoms with E-state index in [0.717, 1.165) is 0 Å². The van der Waals surface area contributed by atoms with Gasteiger partial charge in [-0.25, -0.2) is 4.79 Å². The third-order valence-electron chi connectivity index (χ3n) is 2.25. The molecule has 1 heterocycles. The average Bonchev–Trinajstić information content (AvgIpc) is 2.70. The molecular formula is C11H9FN2O3. The summed E-state index contributed by atoms with van der Waals surface area (Å²) in [4.78, 5) is 26.0. The molecule has 17 heavy (non-hydrogen) atoms. The fourth-order valence-corrected chi connectivity index (χ4v) is 1.56. The van der Waals surface area contributed by atoms with E-state index in [0.29, 0.717) is 10.9 Å². The van der Waals surface area contributed by atoms with Crippen LogP contribution in [0.2, 0.25) is 0 Å². The van der Waals surface area contributed by atoms with Gasteiger partial charge in [-0.15, -0.1) is 0 Å². The van der Waals surface area contributed by atoms with Crippen LogP contribution in [0.1, 0.15) is 6.92 Å². The van der Waals surface area contributed by atoms with Crippen LogP contribution in [0.4, 0.5) is 9.32 Å². The number of hydrogen-bond acceptors (Lipinski definition) is 3. The summed E-state index contributed by atoms with van der Waals surface area (Å²) in [7, 11) is 0. The Balaban J connectivity index is 2.43. The first-order valence-electron chi connectivity index (χ1n) is 4.83. The van der Waals surface area contributed by atoms with Crippen LogP contribution in [-0.4, -0.2) is 16.5 Å². The fraction of sp³-hybridized carbons (Fsp3) is 0.0909. The molecule has 6 heteroatoms. The quantitative estimate of drug-likeness (QED) is 0.823. The lowest BCUT2D eigenvalue weighted by molar-refractivity contribution is -0.117. The molecule has 2 aromatic rings. The molecule has 1 aromatic heterocycles. The maximum atomic E-state index is 12.0. The summed E-state index contributed by atoms with van der Waals surface area (Å²) in [5, 5.41) is 2.78. The Hall–Kier alpha value is -2.37. The standard InChI is InChI=1S/C11H9FN2O3/c1-7(15)13-11(16)14-5-4-8-6-9(17-12)2-3-10(8)14/h2-6H,1H3,(H,13,15,16). The lowest BCUT2D eigenvalue weighted by Gasteiger charge is -2.03. The minimum absolute atomic E-state index is 0.0576. The summed E-state index contributed by atoms with van der Waals surface area (Å²) in [6, 6.07) is 5.44. The van der Waals surface area contributed by atoms with Crippen molar-refractivity contribution in [2.45, 2.75) is 6.92 Å². The van der Waals surface area contributed by atoms with Gasteiger partial charge in [-0.1, -0.05) is 0 Å². The van der Waals surface area contributed by atoms with E-state index in [1.807, 2.05) is 0 Å². The molecule has 0 spiro atoms. The molecule has 0 unspecified atom stereocenters. The van der Waals surface area contributed by atoms with E-state index >= 15 is 0 Å². The van der Waals surface area contributed by atoms with Crippen LogP contribution in [-0.2, 0) is 4.79 Å². The number of halogens is 1. The number of benzene rings is 1. The molecule has 0 aliphatic rings. The highest BCUT2D eigenvalue weighted by atomic mass is 19.3. The summed E-state index contributed by atoms with van der Waals surface area (Å²) in [6.07, 6.45) is 1.49. The van der Waals surface area contributed by atoms with Gasteiger partial charge in [0.05, 0.1) is 5.52 Å². The van der Waals surface area contributed by atoms with Crippen LogP contribution in [0.3, 0.4) is 0 Å². The van der Waals surface area contributed by atoms with Gasteiger partial charge in [0.25, 0.3) is 0 Å². The molecule has 0 radical (unpaired) electrons. The SMILES string of the molecule is CC(=O)NC(=O)n1ccc2cc(OF)ccc21. The molecule has 0 bridgehead atoms. The molecular weight excluding hydrogens is 227 g/mol. The molecule has 88 valence electrons. The second-order valence-corrected chi connectivity index (χ2v) is 3.47. The third-order valence-corrected chi connectivity index (χ3v) is 2.25. The van der Waals surface area contributed by atoms with E-state index < -0.39 is 11.9 Å². The lowest BCUT2D eigenvalue weighted by atomic mass is 10.2. The van der Waals surface area contributed by atoms with Crippen LogP contribution in [0, 0.1) is 0 Å². The first-order chi connectivity index (χ1) is 8.11. The van der Waals surface area contributed by atoms with Crippen molar-refractivity contribution in [3.8, 4) is 5.75 Å². The van der Waals surface area contributed by atoms with Gasteiger partial charge >= 0.3 is 6.03 Å². The van der Waals surface area contributed by atoms with Crippen molar-refractivity contribution in [2.24, 2.45) is 0 Å². The first-order valence-corrected chi connectivity index (χ1v) is 4.83. The highest BCUT2D eigenvalue weighted by Crippen LogP contribution is 2.22. The fourth-order valence-electron chi connectivity index (χ4n) is 1.56. The van der Waals surface area contributed by atoms with Crippen LogP contribution in [0.15, 0.2) is 30.5 Å². The topological polar surface area (TPSA) is 60.3 Å². The first kappa shape index (κ1) is 11.1. The molecule has 1 N–H and O–H groups in total. The number of fused-ring (bicyclic) bond motifs is 1. The Morgan fingerprint density at radius 2 is 2.12 bits per heavy atom. The molecule has 0 saturated heterocycles. The van der Waals surface area contributed by atoms with E-state index in [4.69, 9.17) is 0 Å². The Morgan fingerprint density at radius 1 is 1.35 bits per heavy atom. The highest BCUT2D eigenvalue weighted by Gasteiger charge is 2.10. The highest BCUT2D eigenvalue weighted by molar-refractivity contribution is 5.99. The van der Waals surface area contributed by atoms with E-state index in [-0.39, 0.29) is 5.75 Å².